The summed E-state index contributed by atoms with van der Waals surface area (Å²) >= 11 is 1.72. The lowest BCUT2D eigenvalue weighted by Gasteiger charge is -2.14. The molecule has 1 rings (SSSR count). The van der Waals surface area contributed by atoms with Crippen LogP contribution in [0.25, 0.3) is 0 Å². The third-order valence-corrected chi connectivity index (χ3v) is 2.64. The smallest absolute Gasteiger partial charge is 0.0794 e. The number of nitrogens with zero attached hydrogens (tertiary/aromatic N) is 2. The maximum Gasteiger partial charge on any atom is 0.0794 e. The Morgan fingerprint density at radius 2 is 2.46 bits per heavy atom. The van der Waals surface area contributed by atoms with E-state index in [2.05, 4.69) is 22.2 Å². The summed E-state index contributed by atoms with van der Waals surface area (Å²) in [5, 5.41) is 3.15. The van der Waals surface area contributed by atoms with Crippen molar-refractivity contribution in [2.24, 2.45) is 0 Å². The van der Waals surface area contributed by atoms with Gasteiger partial charge >= 0.3 is 0 Å². The Kier molecular flexibility index (Phi) is 4.97. The zero-order valence-corrected chi connectivity index (χ0v) is 9.10. The zero-order valence-electron chi connectivity index (χ0n) is 8.29. The fourth-order valence-electron chi connectivity index (χ4n) is 1.19. The van der Waals surface area contributed by atoms with E-state index in [1.54, 1.807) is 11.3 Å². The van der Waals surface area contributed by atoms with Gasteiger partial charge in [-0.15, -0.1) is 11.3 Å². The molecular weight excluding hydrogens is 182 g/mol. The van der Waals surface area contributed by atoms with Crippen LogP contribution in [0, 0.1) is 0 Å². The minimum Gasteiger partial charge on any atom is -0.320 e. The lowest BCUT2D eigenvalue weighted by Crippen LogP contribution is -2.21. The Morgan fingerprint density at radius 1 is 1.62 bits per heavy atom. The lowest BCUT2D eigenvalue weighted by molar-refractivity contribution is 0.323. The van der Waals surface area contributed by atoms with Crippen LogP contribution in [-0.2, 0) is 6.54 Å². The van der Waals surface area contributed by atoms with E-state index in [-0.39, 0.29) is 0 Å². The molecule has 0 aliphatic rings. The SMILES string of the molecule is CNCCCN(C)Cc1cncs1. The monoisotopic (exact) mass is 199 g/mol. The summed E-state index contributed by atoms with van der Waals surface area (Å²) in [7, 11) is 4.14. The minimum atomic E-state index is 1.02. The van der Waals surface area contributed by atoms with Crippen LogP contribution in [-0.4, -0.2) is 37.1 Å². The van der Waals surface area contributed by atoms with Crippen LogP contribution in [0.15, 0.2) is 11.7 Å². The van der Waals surface area contributed by atoms with Gasteiger partial charge in [-0.3, -0.25) is 4.98 Å². The summed E-state index contributed by atoms with van der Waals surface area (Å²) in [6.07, 6.45) is 3.14. The van der Waals surface area contributed by atoms with Crippen molar-refractivity contribution in [2.45, 2.75) is 13.0 Å². The van der Waals surface area contributed by atoms with Gasteiger partial charge in [0.2, 0.25) is 0 Å². The predicted molar refractivity (Wildman–Crippen MR) is 57.0 cm³/mol. The minimum absolute atomic E-state index is 1.02. The number of hydrogen-bond donors (Lipinski definition) is 1. The highest BCUT2D eigenvalue weighted by Crippen LogP contribution is 2.07. The molecule has 1 aromatic heterocycles. The van der Waals surface area contributed by atoms with Gasteiger partial charge in [-0.1, -0.05) is 0 Å². The molecule has 0 aromatic carbocycles. The largest absolute Gasteiger partial charge is 0.320 e. The van der Waals surface area contributed by atoms with Gasteiger partial charge in [-0.25, -0.2) is 0 Å². The molecular formula is C9H17N3S. The summed E-state index contributed by atoms with van der Waals surface area (Å²) in [5.41, 5.74) is 1.89. The first-order valence-electron chi connectivity index (χ1n) is 4.53. The van der Waals surface area contributed by atoms with Gasteiger partial charge in [0.25, 0.3) is 0 Å². The molecule has 1 N–H and O–H groups in total. The second-order valence-electron chi connectivity index (χ2n) is 3.16. The van der Waals surface area contributed by atoms with Crippen molar-refractivity contribution in [2.75, 3.05) is 27.2 Å². The van der Waals surface area contributed by atoms with Crippen molar-refractivity contribution in [3.05, 3.63) is 16.6 Å². The fraction of sp³-hybridized carbons (Fsp3) is 0.667. The van der Waals surface area contributed by atoms with Crippen molar-refractivity contribution >= 4 is 11.3 Å². The first-order valence-corrected chi connectivity index (χ1v) is 5.41. The van der Waals surface area contributed by atoms with E-state index < -0.39 is 0 Å². The van der Waals surface area contributed by atoms with Crippen LogP contribution in [0.2, 0.25) is 0 Å². The van der Waals surface area contributed by atoms with Crippen LogP contribution in [0.1, 0.15) is 11.3 Å². The molecule has 0 aliphatic carbocycles. The highest BCUT2D eigenvalue weighted by molar-refractivity contribution is 7.09. The Morgan fingerprint density at radius 3 is 3.08 bits per heavy atom. The summed E-state index contributed by atoms with van der Waals surface area (Å²) in [4.78, 5) is 7.72. The van der Waals surface area contributed by atoms with Crippen molar-refractivity contribution in [3.8, 4) is 0 Å². The average molecular weight is 199 g/mol. The number of aromatic nitrogens is 1. The summed E-state index contributed by atoms with van der Waals surface area (Å²) in [5.74, 6) is 0. The molecule has 0 spiro atoms. The second-order valence-corrected chi connectivity index (χ2v) is 4.13. The Hall–Kier alpha value is -0.450. The number of hydrogen-bond acceptors (Lipinski definition) is 4. The van der Waals surface area contributed by atoms with Crippen molar-refractivity contribution in [1.82, 2.24) is 15.2 Å². The third kappa shape index (κ3) is 4.36. The molecule has 0 unspecified atom stereocenters. The first-order chi connectivity index (χ1) is 6.33. The number of thiazole rings is 1. The Labute approximate surface area is 83.8 Å². The van der Waals surface area contributed by atoms with Crippen molar-refractivity contribution < 1.29 is 0 Å². The van der Waals surface area contributed by atoms with Gasteiger partial charge in [-0.05, 0) is 33.6 Å². The molecule has 1 heterocycles. The maximum atomic E-state index is 4.05. The molecule has 74 valence electrons. The molecule has 0 saturated heterocycles. The Balaban J connectivity index is 2.14. The molecule has 0 atom stereocenters. The van der Waals surface area contributed by atoms with Crippen LogP contribution >= 0.6 is 11.3 Å². The molecule has 0 radical (unpaired) electrons. The van der Waals surface area contributed by atoms with Crippen LogP contribution in [0.3, 0.4) is 0 Å². The molecule has 0 bridgehead atoms. The van der Waals surface area contributed by atoms with Crippen LogP contribution in [0.5, 0.6) is 0 Å². The summed E-state index contributed by atoms with van der Waals surface area (Å²) < 4.78 is 0. The lowest BCUT2D eigenvalue weighted by atomic mass is 10.4. The van der Waals surface area contributed by atoms with E-state index in [0.29, 0.717) is 0 Å². The van der Waals surface area contributed by atoms with Gasteiger partial charge in [0.1, 0.15) is 0 Å². The molecule has 0 fully saturated rings. The van der Waals surface area contributed by atoms with E-state index in [1.807, 2.05) is 18.8 Å². The predicted octanol–water partition coefficient (Wildman–Crippen LogP) is 1.18. The van der Waals surface area contributed by atoms with Gasteiger partial charge < -0.3 is 10.2 Å². The van der Waals surface area contributed by atoms with Gasteiger partial charge in [0.05, 0.1) is 5.51 Å². The van der Waals surface area contributed by atoms with Gasteiger partial charge in [0, 0.05) is 17.6 Å². The average Bonchev–Trinajstić information content (AvgIpc) is 2.57. The quantitative estimate of drug-likeness (QED) is 0.697. The molecule has 0 amide bonds. The number of nitrogens with one attached hydrogen (secondary N) is 1. The number of rotatable bonds is 6. The van der Waals surface area contributed by atoms with Crippen molar-refractivity contribution in [3.63, 3.8) is 0 Å². The van der Waals surface area contributed by atoms with E-state index in [1.165, 1.54) is 11.3 Å². The first kappa shape index (κ1) is 10.6. The molecule has 1 aromatic rings. The second kappa shape index (κ2) is 6.07. The summed E-state index contributed by atoms with van der Waals surface area (Å²) in [6, 6.07) is 0. The topological polar surface area (TPSA) is 28.2 Å². The van der Waals surface area contributed by atoms with E-state index in [0.717, 1.165) is 19.6 Å². The standard InChI is InChI=1S/C9H17N3S/c1-10-4-3-5-12(2)7-9-6-11-8-13-9/h6,8,10H,3-5,7H2,1-2H3. The Bertz CT molecular complexity index is 211. The summed E-state index contributed by atoms with van der Waals surface area (Å²) in [6.45, 7) is 3.25. The third-order valence-electron chi connectivity index (χ3n) is 1.88. The highest BCUT2D eigenvalue weighted by atomic mass is 32.1. The molecule has 13 heavy (non-hydrogen) atoms. The fourth-order valence-corrected chi connectivity index (χ4v) is 1.86. The van der Waals surface area contributed by atoms with Crippen molar-refractivity contribution in [1.29, 1.82) is 0 Å². The molecule has 0 aliphatic heterocycles. The van der Waals surface area contributed by atoms with E-state index >= 15 is 0 Å². The molecule has 3 nitrogen and oxygen atoms in total. The molecule has 4 heteroatoms. The van der Waals surface area contributed by atoms with Crippen LogP contribution < -0.4 is 5.32 Å². The molecule has 0 saturated carbocycles. The van der Waals surface area contributed by atoms with Gasteiger partial charge in [0.15, 0.2) is 0 Å². The normalized spacial score (nSPS) is 11.0. The van der Waals surface area contributed by atoms with Gasteiger partial charge in [-0.2, -0.15) is 0 Å². The van der Waals surface area contributed by atoms with E-state index in [9.17, 15) is 0 Å². The maximum absolute atomic E-state index is 4.05. The van der Waals surface area contributed by atoms with Crippen LogP contribution in [0.4, 0.5) is 0 Å². The highest BCUT2D eigenvalue weighted by Gasteiger charge is 2.00. The zero-order chi connectivity index (χ0) is 9.52. The van der Waals surface area contributed by atoms with E-state index in [4.69, 9.17) is 0 Å².